The number of aromatic nitrogens is 2. The highest BCUT2D eigenvalue weighted by Gasteiger charge is 2.35. The SMILES string of the molecule is Cc1nccc(-c2ccc3c(c2)CCCC[C@@H]3NC(=O)N2CC(OC(C)(C)C)C2)n1. The average Bonchev–Trinajstić information content (AvgIpc) is 2.85. The number of rotatable bonds is 3. The monoisotopic (exact) mass is 408 g/mol. The molecule has 2 amide bonds. The summed E-state index contributed by atoms with van der Waals surface area (Å²) in [5, 5.41) is 3.27. The van der Waals surface area contributed by atoms with Crippen LogP contribution in [0.2, 0.25) is 0 Å². The third kappa shape index (κ3) is 4.81. The van der Waals surface area contributed by atoms with Gasteiger partial charge >= 0.3 is 6.03 Å². The lowest BCUT2D eigenvalue weighted by molar-refractivity contribution is -0.111. The molecule has 1 N–H and O–H groups in total. The predicted molar refractivity (Wildman–Crippen MR) is 117 cm³/mol. The van der Waals surface area contributed by atoms with Crippen molar-refractivity contribution in [3.05, 3.63) is 47.4 Å². The van der Waals surface area contributed by atoms with Gasteiger partial charge in [0.15, 0.2) is 0 Å². The van der Waals surface area contributed by atoms with Crippen molar-refractivity contribution in [1.82, 2.24) is 20.2 Å². The summed E-state index contributed by atoms with van der Waals surface area (Å²) in [5.41, 5.74) is 4.42. The Balaban J connectivity index is 1.45. The minimum absolute atomic E-state index is 0.0112. The van der Waals surface area contributed by atoms with Crippen LogP contribution in [-0.2, 0) is 11.2 Å². The highest BCUT2D eigenvalue weighted by atomic mass is 16.5. The standard InChI is InChI=1S/C24H32N4O2/c1-16-25-12-11-21(26-16)18-9-10-20-17(13-18)7-5-6-8-22(20)27-23(29)28-14-19(15-28)30-24(2,3)4/h9-13,19,22H,5-8,14-15H2,1-4H3,(H,27,29)/t22-/m0/s1. The maximum atomic E-state index is 12.8. The van der Waals surface area contributed by atoms with Crippen LogP contribution in [0.25, 0.3) is 11.3 Å². The van der Waals surface area contributed by atoms with Gasteiger partial charge in [-0.25, -0.2) is 14.8 Å². The van der Waals surface area contributed by atoms with E-state index in [1.54, 1.807) is 6.20 Å². The van der Waals surface area contributed by atoms with Crippen molar-refractivity contribution in [2.45, 2.75) is 71.1 Å². The number of hydrogen-bond donors (Lipinski definition) is 1. The van der Waals surface area contributed by atoms with Gasteiger partial charge in [0.25, 0.3) is 0 Å². The number of nitrogens with one attached hydrogen (secondary N) is 1. The normalized spacial score (nSPS) is 19.6. The second-order valence-electron chi connectivity index (χ2n) is 9.41. The first-order valence-electron chi connectivity index (χ1n) is 10.9. The van der Waals surface area contributed by atoms with E-state index in [-0.39, 0.29) is 23.8 Å². The summed E-state index contributed by atoms with van der Waals surface area (Å²) < 4.78 is 5.95. The molecular formula is C24H32N4O2. The quantitative estimate of drug-likeness (QED) is 0.763. The lowest BCUT2D eigenvalue weighted by Crippen LogP contribution is -2.59. The van der Waals surface area contributed by atoms with Crippen molar-refractivity contribution in [3.63, 3.8) is 0 Å². The molecule has 0 radical (unpaired) electrons. The number of carbonyl (C=O) groups excluding carboxylic acids is 1. The molecule has 1 fully saturated rings. The largest absolute Gasteiger partial charge is 0.369 e. The van der Waals surface area contributed by atoms with Crippen LogP contribution in [0, 0.1) is 6.92 Å². The smallest absolute Gasteiger partial charge is 0.318 e. The fourth-order valence-corrected chi connectivity index (χ4v) is 4.33. The van der Waals surface area contributed by atoms with Crippen molar-refractivity contribution >= 4 is 6.03 Å². The zero-order valence-electron chi connectivity index (χ0n) is 18.4. The number of hydrogen-bond acceptors (Lipinski definition) is 4. The molecule has 1 aliphatic carbocycles. The molecule has 6 heteroatoms. The molecule has 0 bridgehead atoms. The van der Waals surface area contributed by atoms with Gasteiger partial charge in [0.2, 0.25) is 0 Å². The second kappa shape index (κ2) is 8.34. The summed E-state index contributed by atoms with van der Waals surface area (Å²) in [6, 6.07) is 8.53. The number of carbonyl (C=O) groups is 1. The van der Waals surface area contributed by atoms with E-state index < -0.39 is 0 Å². The maximum absolute atomic E-state index is 12.8. The lowest BCUT2D eigenvalue weighted by Gasteiger charge is -2.42. The summed E-state index contributed by atoms with van der Waals surface area (Å²) in [6.45, 7) is 9.38. The van der Waals surface area contributed by atoms with E-state index in [2.05, 4.69) is 54.3 Å². The zero-order valence-corrected chi connectivity index (χ0v) is 18.4. The minimum atomic E-state index is -0.173. The van der Waals surface area contributed by atoms with Crippen molar-refractivity contribution < 1.29 is 9.53 Å². The van der Waals surface area contributed by atoms with Crippen molar-refractivity contribution in [1.29, 1.82) is 0 Å². The predicted octanol–water partition coefficient (Wildman–Crippen LogP) is 4.43. The molecule has 4 rings (SSSR count). The average molecular weight is 409 g/mol. The number of nitrogens with zero attached hydrogens (tertiary/aromatic N) is 3. The van der Waals surface area contributed by atoms with Crippen molar-refractivity contribution in [2.75, 3.05) is 13.1 Å². The number of ether oxygens (including phenoxy) is 1. The topological polar surface area (TPSA) is 67.4 Å². The molecule has 0 saturated carbocycles. The summed E-state index contributed by atoms with van der Waals surface area (Å²) in [6.07, 6.45) is 6.19. The number of benzene rings is 1. The number of fused-ring (bicyclic) bond motifs is 1. The van der Waals surface area contributed by atoms with Gasteiger partial charge < -0.3 is 15.0 Å². The number of urea groups is 1. The Morgan fingerprint density at radius 2 is 2.00 bits per heavy atom. The number of aryl methyl sites for hydroxylation is 2. The van der Waals surface area contributed by atoms with Crippen molar-refractivity contribution in [3.8, 4) is 11.3 Å². The Morgan fingerprint density at radius 1 is 1.20 bits per heavy atom. The molecule has 1 aliphatic heterocycles. The molecule has 1 aromatic heterocycles. The van der Waals surface area contributed by atoms with E-state index in [0.29, 0.717) is 13.1 Å². The van der Waals surface area contributed by atoms with Crippen LogP contribution in [0.3, 0.4) is 0 Å². The van der Waals surface area contributed by atoms with Crippen LogP contribution in [0.15, 0.2) is 30.5 Å². The zero-order chi connectivity index (χ0) is 21.3. The molecular weight excluding hydrogens is 376 g/mol. The van der Waals surface area contributed by atoms with Crippen LogP contribution in [0.1, 0.15) is 63.0 Å². The molecule has 1 saturated heterocycles. The minimum Gasteiger partial charge on any atom is -0.369 e. The van der Waals surface area contributed by atoms with E-state index in [1.807, 2.05) is 17.9 Å². The van der Waals surface area contributed by atoms with Gasteiger partial charge in [-0.1, -0.05) is 18.6 Å². The summed E-state index contributed by atoms with van der Waals surface area (Å²) in [7, 11) is 0. The molecule has 1 atom stereocenters. The molecule has 2 heterocycles. The Bertz CT molecular complexity index is 916. The van der Waals surface area contributed by atoms with Crippen LogP contribution in [0.4, 0.5) is 4.79 Å². The van der Waals surface area contributed by atoms with E-state index >= 15 is 0 Å². The highest BCUT2D eigenvalue weighted by molar-refractivity contribution is 5.76. The van der Waals surface area contributed by atoms with Gasteiger partial charge in [0.05, 0.1) is 36.5 Å². The maximum Gasteiger partial charge on any atom is 0.318 e. The van der Waals surface area contributed by atoms with Crippen LogP contribution >= 0.6 is 0 Å². The molecule has 0 unspecified atom stereocenters. The first-order valence-corrected chi connectivity index (χ1v) is 10.9. The molecule has 2 aliphatic rings. The lowest BCUT2D eigenvalue weighted by atomic mass is 9.95. The summed E-state index contributed by atoms with van der Waals surface area (Å²) in [4.78, 5) is 23.4. The number of amides is 2. The van der Waals surface area contributed by atoms with Gasteiger partial charge in [0.1, 0.15) is 5.82 Å². The van der Waals surface area contributed by atoms with E-state index in [1.165, 1.54) is 11.1 Å². The molecule has 1 aromatic carbocycles. The van der Waals surface area contributed by atoms with Crippen LogP contribution in [0.5, 0.6) is 0 Å². The molecule has 2 aromatic rings. The molecule has 30 heavy (non-hydrogen) atoms. The third-order valence-corrected chi connectivity index (χ3v) is 5.73. The van der Waals surface area contributed by atoms with Gasteiger partial charge in [-0.3, -0.25) is 0 Å². The van der Waals surface area contributed by atoms with Gasteiger partial charge in [-0.15, -0.1) is 0 Å². The Hall–Kier alpha value is -2.47. The Labute approximate surface area is 179 Å². The molecule has 6 nitrogen and oxygen atoms in total. The summed E-state index contributed by atoms with van der Waals surface area (Å²) >= 11 is 0. The van der Waals surface area contributed by atoms with E-state index in [0.717, 1.165) is 42.8 Å². The van der Waals surface area contributed by atoms with Gasteiger partial charge in [-0.05, 0) is 70.2 Å². The first-order chi connectivity index (χ1) is 14.3. The van der Waals surface area contributed by atoms with E-state index in [4.69, 9.17) is 4.74 Å². The van der Waals surface area contributed by atoms with E-state index in [9.17, 15) is 4.79 Å². The first kappa shape index (κ1) is 20.8. The van der Waals surface area contributed by atoms with Crippen LogP contribution in [-0.4, -0.2) is 45.7 Å². The van der Waals surface area contributed by atoms with Gasteiger partial charge in [-0.2, -0.15) is 0 Å². The fraction of sp³-hybridized carbons (Fsp3) is 0.542. The second-order valence-corrected chi connectivity index (χ2v) is 9.41. The third-order valence-electron chi connectivity index (χ3n) is 5.73. The highest BCUT2D eigenvalue weighted by Crippen LogP contribution is 2.32. The Kier molecular flexibility index (Phi) is 5.78. The molecule has 0 spiro atoms. The molecule has 160 valence electrons. The van der Waals surface area contributed by atoms with Gasteiger partial charge in [0, 0.05) is 11.8 Å². The Morgan fingerprint density at radius 3 is 2.73 bits per heavy atom. The van der Waals surface area contributed by atoms with Crippen LogP contribution < -0.4 is 5.32 Å². The van der Waals surface area contributed by atoms with Crippen molar-refractivity contribution in [2.24, 2.45) is 0 Å². The fourth-order valence-electron chi connectivity index (χ4n) is 4.33. The summed E-state index contributed by atoms with van der Waals surface area (Å²) in [5.74, 6) is 0.774. The number of likely N-dealkylation sites (tertiary alicyclic amines) is 1.